The third-order valence-electron chi connectivity index (χ3n) is 3.47. The van der Waals surface area contributed by atoms with Crippen LogP contribution >= 0.6 is 0 Å². The Hall–Kier alpha value is 0. The third-order valence-corrected chi connectivity index (χ3v) is 3.47. The summed E-state index contributed by atoms with van der Waals surface area (Å²) in [5.74, 6) is 2.12. The van der Waals surface area contributed by atoms with E-state index in [-0.39, 0.29) is 0 Å². The molecule has 1 fully saturated rings. The van der Waals surface area contributed by atoms with Crippen molar-refractivity contribution in [3.63, 3.8) is 0 Å². The predicted octanol–water partition coefficient (Wildman–Crippen LogP) is 4.39. The molecule has 0 N–H and O–H groups in total. The Morgan fingerprint density at radius 2 is 1.92 bits per heavy atom. The maximum Gasteiger partial charge on any atom is -0.0388 e. The summed E-state index contributed by atoms with van der Waals surface area (Å²) in [7, 11) is 0. The number of unbranched alkanes of at least 4 members (excludes halogenated alkanes) is 3. The average Bonchev–Trinajstić information content (AvgIpc) is 2.46. The van der Waals surface area contributed by atoms with Crippen LogP contribution in [-0.2, 0) is 0 Å². The van der Waals surface area contributed by atoms with Gasteiger partial charge in [0.1, 0.15) is 0 Å². The molecule has 0 radical (unpaired) electrons. The summed E-state index contributed by atoms with van der Waals surface area (Å²) in [6.45, 7) is 4.73. The lowest BCUT2D eigenvalue weighted by Gasteiger charge is -2.14. The van der Waals surface area contributed by atoms with E-state index in [0.29, 0.717) is 0 Å². The second-order valence-corrected chi connectivity index (χ2v) is 4.52. The highest BCUT2D eigenvalue weighted by atomic mass is 14.3. The van der Waals surface area contributed by atoms with Crippen LogP contribution < -0.4 is 0 Å². The molecule has 0 heteroatoms. The molecule has 0 aliphatic heterocycles. The fraction of sp³-hybridized carbons (Fsp3) is 1.00. The molecule has 2 unspecified atom stereocenters. The third kappa shape index (κ3) is 3.16. The second-order valence-electron chi connectivity index (χ2n) is 4.52. The van der Waals surface area contributed by atoms with Crippen molar-refractivity contribution in [2.24, 2.45) is 11.8 Å². The fourth-order valence-corrected chi connectivity index (χ4v) is 2.48. The van der Waals surface area contributed by atoms with Crippen LogP contribution in [0.4, 0.5) is 0 Å². The Labute approximate surface area is 77.7 Å². The van der Waals surface area contributed by atoms with Gasteiger partial charge in [-0.15, -0.1) is 0 Å². The molecule has 2 atom stereocenters. The van der Waals surface area contributed by atoms with Crippen LogP contribution in [0, 0.1) is 11.8 Å². The molecule has 0 aromatic rings. The molecule has 0 aromatic carbocycles. The van der Waals surface area contributed by atoms with Crippen molar-refractivity contribution in [1.82, 2.24) is 0 Å². The Bertz CT molecular complexity index is 107. The molecule has 1 aliphatic carbocycles. The van der Waals surface area contributed by atoms with E-state index >= 15 is 0 Å². The molecule has 0 nitrogen and oxygen atoms in total. The monoisotopic (exact) mass is 168 g/mol. The van der Waals surface area contributed by atoms with E-state index in [4.69, 9.17) is 0 Å². The van der Waals surface area contributed by atoms with Gasteiger partial charge < -0.3 is 0 Å². The quantitative estimate of drug-likeness (QED) is 0.534. The summed E-state index contributed by atoms with van der Waals surface area (Å²) < 4.78 is 0. The van der Waals surface area contributed by atoms with Gasteiger partial charge in [0.15, 0.2) is 0 Å². The van der Waals surface area contributed by atoms with Crippen molar-refractivity contribution in [2.45, 2.75) is 65.2 Å². The highest BCUT2D eigenvalue weighted by Crippen LogP contribution is 2.34. The van der Waals surface area contributed by atoms with E-state index in [1.807, 2.05) is 0 Å². The fourth-order valence-electron chi connectivity index (χ4n) is 2.48. The van der Waals surface area contributed by atoms with Crippen LogP contribution in [-0.4, -0.2) is 0 Å². The van der Waals surface area contributed by atoms with Crippen LogP contribution in [0.3, 0.4) is 0 Å². The summed E-state index contributed by atoms with van der Waals surface area (Å²) in [5.41, 5.74) is 0. The maximum atomic E-state index is 2.44. The zero-order valence-corrected chi connectivity index (χ0v) is 8.81. The van der Waals surface area contributed by atoms with Gasteiger partial charge in [-0.3, -0.25) is 0 Å². The van der Waals surface area contributed by atoms with Crippen LogP contribution in [0.2, 0.25) is 0 Å². The van der Waals surface area contributed by atoms with Crippen LogP contribution in [0.5, 0.6) is 0 Å². The highest BCUT2D eigenvalue weighted by molar-refractivity contribution is 4.73. The van der Waals surface area contributed by atoms with Crippen LogP contribution in [0.25, 0.3) is 0 Å². The van der Waals surface area contributed by atoms with E-state index in [0.717, 1.165) is 11.8 Å². The molecule has 1 saturated carbocycles. The first-order valence-electron chi connectivity index (χ1n) is 5.84. The molecule has 1 aliphatic rings. The van der Waals surface area contributed by atoms with Gasteiger partial charge in [0, 0.05) is 0 Å². The zero-order chi connectivity index (χ0) is 8.81. The molecular weight excluding hydrogens is 144 g/mol. The lowest BCUT2D eigenvalue weighted by atomic mass is 9.92. The van der Waals surface area contributed by atoms with Crippen LogP contribution in [0.1, 0.15) is 65.2 Å². The maximum absolute atomic E-state index is 2.44. The van der Waals surface area contributed by atoms with E-state index in [2.05, 4.69) is 13.8 Å². The normalized spacial score (nSPS) is 29.5. The van der Waals surface area contributed by atoms with E-state index in [1.165, 1.54) is 51.4 Å². The summed E-state index contributed by atoms with van der Waals surface area (Å²) >= 11 is 0. The highest BCUT2D eigenvalue weighted by Gasteiger charge is 2.22. The Kier molecular flexibility index (Phi) is 4.72. The summed E-state index contributed by atoms with van der Waals surface area (Å²) in [4.78, 5) is 0. The zero-order valence-electron chi connectivity index (χ0n) is 8.81. The molecule has 0 spiro atoms. The standard InChI is InChI=1S/C12H24/c1-3-4-5-6-9-12-10-7-8-11(12)2/h11-12H,3-10H2,1-2H3. The Morgan fingerprint density at radius 3 is 2.50 bits per heavy atom. The predicted molar refractivity (Wildman–Crippen MR) is 55.3 cm³/mol. The average molecular weight is 168 g/mol. The molecule has 72 valence electrons. The first-order chi connectivity index (χ1) is 5.84. The van der Waals surface area contributed by atoms with E-state index in [1.54, 1.807) is 0 Å². The van der Waals surface area contributed by atoms with Gasteiger partial charge in [-0.1, -0.05) is 65.2 Å². The topological polar surface area (TPSA) is 0 Å². The van der Waals surface area contributed by atoms with Gasteiger partial charge >= 0.3 is 0 Å². The van der Waals surface area contributed by atoms with Gasteiger partial charge in [-0.05, 0) is 11.8 Å². The lowest BCUT2D eigenvalue weighted by molar-refractivity contribution is 0.375. The van der Waals surface area contributed by atoms with Gasteiger partial charge in [-0.25, -0.2) is 0 Å². The van der Waals surface area contributed by atoms with Crippen molar-refractivity contribution >= 4 is 0 Å². The van der Waals surface area contributed by atoms with Crippen molar-refractivity contribution in [1.29, 1.82) is 0 Å². The van der Waals surface area contributed by atoms with Gasteiger partial charge in [-0.2, -0.15) is 0 Å². The summed E-state index contributed by atoms with van der Waals surface area (Å²) in [6, 6.07) is 0. The number of hydrogen-bond acceptors (Lipinski definition) is 0. The first-order valence-corrected chi connectivity index (χ1v) is 5.84. The van der Waals surface area contributed by atoms with Gasteiger partial charge in [0.05, 0.1) is 0 Å². The Balaban J connectivity index is 1.98. The smallest absolute Gasteiger partial charge is 0.0388 e. The van der Waals surface area contributed by atoms with Gasteiger partial charge in [0.2, 0.25) is 0 Å². The van der Waals surface area contributed by atoms with Gasteiger partial charge in [0.25, 0.3) is 0 Å². The first kappa shape index (κ1) is 10.1. The minimum absolute atomic E-state index is 1.03. The SMILES string of the molecule is CCCCCCC1CCCC1C. The molecular formula is C12H24. The lowest BCUT2D eigenvalue weighted by Crippen LogP contribution is -2.03. The molecule has 0 aromatic heterocycles. The minimum atomic E-state index is 1.03. The van der Waals surface area contributed by atoms with Crippen molar-refractivity contribution in [2.75, 3.05) is 0 Å². The molecule has 1 rings (SSSR count). The summed E-state index contributed by atoms with van der Waals surface area (Å²) in [6.07, 6.45) is 11.8. The van der Waals surface area contributed by atoms with E-state index < -0.39 is 0 Å². The van der Waals surface area contributed by atoms with Crippen molar-refractivity contribution in [3.8, 4) is 0 Å². The Morgan fingerprint density at radius 1 is 1.08 bits per heavy atom. The van der Waals surface area contributed by atoms with E-state index in [9.17, 15) is 0 Å². The number of hydrogen-bond donors (Lipinski definition) is 0. The molecule has 0 amide bonds. The van der Waals surface area contributed by atoms with Crippen molar-refractivity contribution < 1.29 is 0 Å². The van der Waals surface area contributed by atoms with Crippen molar-refractivity contribution in [3.05, 3.63) is 0 Å². The number of rotatable bonds is 5. The molecule has 0 bridgehead atoms. The second kappa shape index (κ2) is 5.61. The molecule has 0 saturated heterocycles. The minimum Gasteiger partial charge on any atom is -0.0654 e. The molecule has 0 heterocycles. The van der Waals surface area contributed by atoms with Crippen LogP contribution in [0.15, 0.2) is 0 Å². The molecule has 12 heavy (non-hydrogen) atoms. The largest absolute Gasteiger partial charge is 0.0654 e. The summed E-state index contributed by atoms with van der Waals surface area (Å²) in [5, 5.41) is 0.